The Kier molecular flexibility index (Phi) is 6.65. The molecule has 0 radical (unpaired) electrons. The first-order chi connectivity index (χ1) is 12.3. The molecule has 1 aromatic rings. The lowest BCUT2D eigenvalue weighted by Crippen LogP contribution is -2.29. The van der Waals surface area contributed by atoms with Crippen LogP contribution < -0.4 is 9.47 Å². The maximum Gasteiger partial charge on any atom is 0.573 e. The van der Waals surface area contributed by atoms with Crippen LogP contribution in [0.3, 0.4) is 0 Å². The third-order valence-corrected chi connectivity index (χ3v) is 3.87. The van der Waals surface area contributed by atoms with Gasteiger partial charge in [-0.25, -0.2) is 4.79 Å². The first kappa shape index (κ1) is 19.8. The summed E-state index contributed by atoms with van der Waals surface area (Å²) >= 11 is 0. The molecule has 0 heterocycles. The van der Waals surface area contributed by atoms with Gasteiger partial charge in [0.25, 0.3) is 0 Å². The number of hydrogen-bond acceptors (Lipinski definition) is 5. The molecule has 1 aromatic carbocycles. The molecule has 0 aliphatic heterocycles. The van der Waals surface area contributed by atoms with E-state index in [4.69, 9.17) is 9.47 Å². The highest BCUT2D eigenvalue weighted by Crippen LogP contribution is 2.29. The van der Waals surface area contributed by atoms with Gasteiger partial charge in [-0.15, -0.1) is 13.2 Å². The first-order valence-corrected chi connectivity index (χ1v) is 8.17. The highest BCUT2D eigenvalue weighted by atomic mass is 19.4. The van der Waals surface area contributed by atoms with Crippen molar-refractivity contribution in [2.24, 2.45) is 5.92 Å². The fourth-order valence-electron chi connectivity index (χ4n) is 2.66. The van der Waals surface area contributed by atoms with Crippen molar-refractivity contribution in [1.82, 2.24) is 0 Å². The molecule has 0 spiro atoms. The lowest BCUT2D eigenvalue weighted by Gasteiger charge is -2.26. The zero-order valence-corrected chi connectivity index (χ0v) is 14.1. The normalized spacial score (nSPS) is 20.6. The summed E-state index contributed by atoms with van der Waals surface area (Å²) in [6.45, 7) is 1.72. The molecular weight excluding hydrogens is 353 g/mol. The van der Waals surface area contributed by atoms with E-state index in [-0.39, 0.29) is 23.5 Å². The van der Waals surface area contributed by atoms with Gasteiger partial charge in [-0.1, -0.05) is 6.08 Å². The predicted molar refractivity (Wildman–Crippen MR) is 85.4 cm³/mol. The lowest BCUT2D eigenvalue weighted by atomic mass is 9.87. The summed E-state index contributed by atoms with van der Waals surface area (Å²) in [4.78, 5) is 23.6. The van der Waals surface area contributed by atoms with Gasteiger partial charge in [-0.05, 0) is 56.9 Å². The Hall–Kier alpha value is -2.51. The summed E-state index contributed by atoms with van der Waals surface area (Å²) in [6.07, 6.45) is 0.0874. The van der Waals surface area contributed by atoms with Crippen molar-refractivity contribution >= 4 is 11.9 Å². The van der Waals surface area contributed by atoms with Crippen LogP contribution in [0.15, 0.2) is 36.4 Å². The monoisotopic (exact) mass is 372 g/mol. The minimum absolute atomic E-state index is 0.145. The largest absolute Gasteiger partial charge is 0.573 e. The molecule has 5 nitrogen and oxygen atoms in total. The van der Waals surface area contributed by atoms with E-state index in [0.717, 1.165) is 12.1 Å². The second-order valence-electron chi connectivity index (χ2n) is 5.85. The molecule has 0 unspecified atom stereocenters. The number of hydrogen-bond donors (Lipinski definition) is 0. The van der Waals surface area contributed by atoms with E-state index in [1.807, 2.05) is 0 Å². The Morgan fingerprint density at radius 3 is 2.15 bits per heavy atom. The van der Waals surface area contributed by atoms with Crippen LogP contribution in [0.2, 0.25) is 0 Å². The van der Waals surface area contributed by atoms with Crippen LogP contribution in [0.25, 0.3) is 0 Å². The molecule has 0 saturated heterocycles. The molecule has 26 heavy (non-hydrogen) atoms. The third kappa shape index (κ3) is 6.42. The van der Waals surface area contributed by atoms with E-state index in [0.29, 0.717) is 25.7 Å². The highest BCUT2D eigenvalue weighted by Gasteiger charge is 2.31. The number of benzene rings is 1. The van der Waals surface area contributed by atoms with Gasteiger partial charge in [0.1, 0.15) is 17.6 Å². The highest BCUT2D eigenvalue weighted by molar-refractivity contribution is 5.82. The van der Waals surface area contributed by atoms with Gasteiger partial charge in [-0.3, -0.25) is 4.79 Å². The molecule has 0 N–H and O–H groups in total. The van der Waals surface area contributed by atoms with Crippen molar-refractivity contribution in [3.05, 3.63) is 36.4 Å². The molecule has 0 aromatic heterocycles. The Morgan fingerprint density at radius 1 is 1.04 bits per heavy atom. The van der Waals surface area contributed by atoms with Crippen molar-refractivity contribution < 1.29 is 37.0 Å². The molecule has 0 atom stereocenters. The second-order valence-corrected chi connectivity index (χ2v) is 5.85. The topological polar surface area (TPSA) is 61.8 Å². The van der Waals surface area contributed by atoms with Crippen LogP contribution >= 0.6 is 0 Å². The summed E-state index contributed by atoms with van der Waals surface area (Å²) < 4.78 is 50.5. The standard InChI is InChI=1S/C18H19F3O5/c1-2-3-16(22)24-13-6-4-12(5-7-13)17(23)25-14-8-10-15(11-9-14)26-18(19,20)21/h2-3,8-13H,4-7H2,1H3/b3-2+/t12-,13-. The van der Waals surface area contributed by atoms with Crippen molar-refractivity contribution in [2.75, 3.05) is 0 Å². The van der Waals surface area contributed by atoms with Gasteiger partial charge in [0.2, 0.25) is 0 Å². The Balaban J connectivity index is 1.81. The summed E-state index contributed by atoms with van der Waals surface area (Å²) in [6, 6.07) is 4.63. The van der Waals surface area contributed by atoms with Crippen LogP contribution in [-0.4, -0.2) is 24.4 Å². The minimum Gasteiger partial charge on any atom is -0.459 e. The molecule has 0 amide bonds. The summed E-state index contributed by atoms with van der Waals surface area (Å²) in [5.74, 6) is -1.43. The third-order valence-electron chi connectivity index (χ3n) is 3.87. The SMILES string of the molecule is C/C=C/C(=O)O[C@H]1CC[C@H](C(=O)Oc2ccc(OC(F)(F)F)cc2)CC1. The summed E-state index contributed by atoms with van der Waals surface area (Å²) in [7, 11) is 0. The summed E-state index contributed by atoms with van der Waals surface area (Å²) in [5.41, 5.74) is 0. The van der Waals surface area contributed by atoms with Crippen LogP contribution in [0.4, 0.5) is 13.2 Å². The fraction of sp³-hybridized carbons (Fsp3) is 0.444. The molecule has 0 bridgehead atoms. The zero-order valence-electron chi connectivity index (χ0n) is 14.1. The van der Waals surface area contributed by atoms with Crippen molar-refractivity contribution in [2.45, 2.75) is 45.1 Å². The Bertz CT molecular complexity index is 644. The van der Waals surface area contributed by atoms with Gasteiger partial charge in [0.15, 0.2) is 0 Å². The second kappa shape index (κ2) is 8.73. The van der Waals surface area contributed by atoms with Crippen molar-refractivity contribution in [1.29, 1.82) is 0 Å². The maximum absolute atomic E-state index is 12.2. The molecule has 1 saturated carbocycles. The van der Waals surface area contributed by atoms with Gasteiger partial charge >= 0.3 is 18.3 Å². The van der Waals surface area contributed by atoms with E-state index in [2.05, 4.69) is 4.74 Å². The number of ether oxygens (including phenoxy) is 3. The first-order valence-electron chi connectivity index (χ1n) is 8.17. The number of carbonyl (C=O) groups is 2. The average molecular weight is 372 g/mol. The molecule has 142 valence electrons. The van der Waals surface area contributed by atoms with E-state index in [1.54, 1.807) is 13.0 Å². The van der Waals surface area contributed by atoms with E-state index in [9.17, 15) is 22.8 Å². The molecule has 8 heteroatoms. The maximum atomic E-state index is 12.2. The van der Waals surface area contributed by atoms with Crippen LogP contribution in [0.5, 0.6) is 11.5 Å². The molecule has 1 aliphatic carbocycles. The number of allylic oxidation sites excluding steroid dienone is 1. The van der Waals surface area contributed by atoms with Gasteiger partial charge in [0, 0.05) is 6.08 Å². The quantitative estimate of drug-likeness (QED) is 0.441. The van der Waals surface area contributed by atoms with Crippen molar-refractivity contribution in [3.63, 3.8) is 0 Å². The Morgan fingerprint density at radius 2 is 1.62 bits per heavy atom. The average Bonchev–Trinajstić information content (AvgIpc) is 2.56. The van der Waals surface area contributed by atoms with Gasteiger partial charge in [-0.2, -0.15) is 0 Å². The van der Waals surface area contributed by atoms with E-state index in [1.165, 1.54) is 18.2 Å². The van der Waals surface area contributed by atoms with Crippen LogP contribution in [0.1, 0.15) is 32.6 Å². The van der Waals surface area contributed by atoms with E-state index >= 15 is 0 Å². The smallest absolute Gasteiger partial charge is 0.459 e. The summed E-state index contributed by atoms with van der Waals surface area (Å²) in [5, 5.41) is 0. The Labute approximate surface area is 148 Å². The molecule has 1 aliphatic rings. The number of alkyl halides is 3. The molecule has 1 fully saturated rings. The minimum atomic E-state index is -4.77. The van der Waals surface area contributed by atoms with Crippen LogP contribution in [-0.2, 0) is 14.3 Å². The molecular formula is C18H19F3O5. The fourth-order valence-corrected chi connectivity index (χ4v) is 2.66. The van der Waals surface area contributed by atoms with Gasteiger partial charge < -0.3 is 14.2 Å². The number of halogens is 3. The van der Waals surface area contributed by atoms with Gasteiger partial charge in [0.05, 0.1) is 5.92 Å². The molecule has 2 rings (SSSR count). The van der Waals surface area contributed by atoms with E-state index < -0.39 is 18.3 Å². The van der Waals surface area contributed by atoms with Crippen molar-refractivity contribution in [3.8, 4) is 11.5 Å². The van der Waals surface area contributed by atoms with Crippen LogP contribution in [0, 0.1) is 5.92 Å². The number of rotatable bonds is 5. The zero-order chi connectivity index (χ0) is 19.2. The predicted octanol–water partition coefficient (Wildman–Crippen LogP) is 4.17. The number of carbonyl (C=O) groups excluding carboxylic acids is 2. The lowest BCUT2D eigenvalue weighted by molar-refractivity contribution is -0.274. The number of esters is 2.